The van der Waals surface area contributed by atoms with Crippen LogP contribution >= 0.6 is 0 Å². The molecular formula is C21H23FN4O3. The summed E-state index contributed by atoms with van der Waals surface area (Å²) in [5, 5.41) is 19.9. The fourth-order valence-electron chi connectivity index (χ4n) is 2.73. The SMILES string of the molecule is CCc1noc(-c2ccc(C)c(NC(=O)NCC(C)(O)c3ccc(F)cc3)c2)n1. The zero-order chi connectivity index (χ0) is 21.0. The zero-order valence-corrected chi connectivity index (χ0v) is 16.5. The molecule has 1 aromatic heterocycles. The summed E-state index contributed by atoms with van der Waals surface area (Å²) in [6, 6.07) is 10.4. The van der Waals surface area contributed by atoms with E-state index in [2.05, 4.69) is 20.8 Å². The molecule has 0 saturated carbocycles. The van der Waals surface area contributed by atoms with E-state index in [0.717, 1.165) is 5.56 Å². The topological polar surface area (TPSA) is 100 Å². The number of carbonyl (C=O) groups is 1. The summed E-state index contributed by atoms with van der Waals surface area (Å²) >= 11 is 0. The highest BCUT2D eigenvalue weighted by Crippen LogP contribution is 2.25. The first-order valence-corrected chi connectivity index (χ1v) is 9.25. The molecule has 8 heteroatoms. The summed E-state index contributed by atoms with van der Waals surface area (Å²) < 4.78 is 18.3. The molecule has 0 spiro atoms. The molecule has 152 valence electrons. The van der Waals surface area contributed by atoms with Gasteiger partial charge in [-0.15, -0.1) is 0 Å². The van der Waals surface area contributed by atoms with Gasteiger partial charge in [0.15, 0.2) is 5.82 Å². The fraction of sp³-hybridized carbons (Fsp3) is 0.286. The lowest BCUT2D eigenvalue weighted by Gasteiger charge is -2.24. The van der Waals surface area contributed by atoms with Gasteiger partial charge in [0.2, 0.25) is 0 Å². The molecule has 1 unspecified atom stereocenters. The Labute approximate surface area is 168 Å². The minimum Gasteiger partial charge on any atom is -0.384 e. The highest BCUT2D eigenvalue weighted by molar-refractivity contribution is 5.90. The van der Waals surface area contributed by atoms with Crippen LogP contribution in [0.1, 0.15) is 30.8 Å². The Balaban J connectivity index is 1.67. The van der Waals surface area contributed by atoms with E-state index in [1.165, 1.54) is 24.3 Å². The smallest absolute Gasteiger partial charge is 0.319 e. The number of aliphatic hydroxyl groups is 1. The van der Waals surface area contributed by atoms with Gasteiger partial charge in [0.1, 0.15) is 11.4 Å². The van der Waals surface area contributed by atoms with Gasteiger partial charge < -0.3 is 20.3 Å². The van der Waals surface area contributed by atoms with Crippen molar-refractivity contribution < 1.29 is 18.8 Å². The molecule has 7 nitrogen and oxygen atoms in total. The molecular weight excluding hydrogens is 375 g/mol. The second kappa shape index (κ2) is 8.40. The number of nitrogens with zero attached hydrogens (tertiary/aromatic N) is 2. The van der Waals surface area contributed by atoms with Gasteiger partial charge in [0.05, 0.1) is 6.54 Å². The zero-order valence-electron chi connectivity index (χ0n) is 16.5. The molecule has 0 aliphatic rings. The van der Waals surface area contributed by atoms with Gasteiger partial charge >= 0.3 is 6.03 Å². The van der Waals surface area contributed by atoms with Crippen LogP contribution in [0.4, 0.5) is 14.9 Å². The van der Waals surface area contributed by atoms with Gasteiger partial charge in [-0.1, -0.05) is 30.3 Å². The van der Waals surface area contributed by atoms with Crippen molar-refractivity contribution in [3.05, 3.63) is 65.2 Å². The van der Waals surface area contributed by atoms with Crippen LogP contribution in [0, 0.1) is 12.7 Å². The normalized spacial score (nSPS) is 13.0. The largest absolute Gasteiger partial charge is 0.384 e. The molecule has 2 amide bonds. The van der Waals surface area contributed by atoms with Crippen molar-refractivity contribution >= 4 is 11.7 Å². The van der Waals surface area contributed by atoms with E-state index in [0.29, 0.717) is 35.0 Å². The van der Waals surface area contributed by atoms with Gasteiger partial charge in [-0.3, -0.25) is 0 Å². The Bertz CT molecular complexity index is 999. The van der Waals surface area contributed by atoms with Crippen LogP contribution in [0.25, 0.3) is 11.5 Å². The number of anilines is 1. The van der Waals surface area contributed by atoms with Crippen LogP contribution in [0.15, 0.2) is 47.0 Å². The highest BCUT2D eigenvalue weighted by atomic mass is 19.1. The summed E-state index contributed by atoms with van der Waals surface area (Å²) in [6.45, 7) is 5.29. The Morgan fingerprint density at radius 3 is 2.62 bits per heavy atom. The van der Waals surface area contributed by atoms with E-state index >= 15 is 0 Å². The Kier molecular flexibility index (Phi) is 5.93. The van der Waals surface area contributed by atoms with E-state index in [4.69, 9.17) is 4.52 Å². The van der Waals surface area contributed by atoms with E-state index in [9.17, 15) is 14.3 Å². The van der Waals surface area contributed by atoms with E-state index in [-0.39, 0.29) is 6.54 Å². The summed E-state index contributed by atoms with van der Waals surface area (Å²) in [5.41, 5.74) is 1.28. The van der Waals surface area contributed by atoms with Gasteiger partial charge in [-0.05, 0) is 49.2 Å². The van der Waals surface area contributed by atoms with E-state index < -0.39 is 17.4 Å². The fourth-order valence-corrected chi connectivity index (χ4v) is 2.73. The Morgan fingerprint density at radius 1 is 1.24 bits per heavy atom. The van der Waals surface area contributed by atoms with Gasteiger partial charge in [-0.25, -0.2) is 9.18 Å². The van der Waals surface area contributed by atoms with Crippen molar-refractivity contribution in [3.63, 3.8) is 0 Å². The highest BCUT2D eigenvalue weighted by Gasteiger charge is 2.24. The molecule has 3 aromatic rings. The number of halogens is 1. The molecule has 0 saturated heterocycles. The van der Waals surface area contributed by atoms with Gasteiger partial charge in [0, 0.05) is 17.7 Å². The first-order chi connectivity index (χ1) is 13.8. The molecule has 1 atom stereocenters. The standard InChI is InChI=1S/C21H23FN4O3/c1-4-18-25-19(29-26-18)14-6-5-13(2)17(11-14)24-20(27)23-12-21(3,28)15-7-9-16(22)10-8-15/h5-11,28H,4,12H2,1-3H3,(H2,23,24,27). The Morgan fingerprint density at radius 2 is 1.97 bits per heavy atom. The summed E-state index contributed by atoms with van der Waals surface area (Å²) in [5.74, 6) is 0.596. The molecule has 29 heavy (non-hydrogen) atoms. The van der Waals surface area contributed by atoms with Crippen LogP contribution in [0.3, 0.4) is 0 Å². The monoisotopic (exact) mass is 398 g/mol. The van der Waals surface area contributed by atoms with Crippen LogP contribution in [-0.4, -0.2) is 27.8 Å². The van der Waals surface area contributed by atoms with E-state index in [1.54, 1.807) is 13.0 Å². The third kappa shape index (κ3) is 4.97. The number of aromatic nitrogens is 2. The number of amides is 2. The first-order valence-electron chi connectivity index (χ1n) is 9.25. The maximum atomic E-state index is 13.1. The molecule has 2 aromatic carbocycles. The lowest BCUT2D eigenvalue weighted by atomic mass is 9.96. The maximum Gasteiger partial charge on any atom is 0.319 e. The van der Waals surface area contributed by atoms with Crippen LogP contribution in [0.2, 0.25) is 0 Å². The van der Waals surface area contributed by atoms with Crippen molar-refractivity contribution in [2.24, 2.45) is 0 Å². The van der Waals surface area contributed by atoms with Crippen LogP contribution < -0.4 is 10.6 Å². The average Bonchev–Trinajstić information content (AvgIpc) is 3.18. The number of benzene rings is 2. The number of carbonyl (C=O) groups excluding carboxylic acids is 1. The predicted molar refractivity (Wildman–Crippen MR) is 107 cm³/mol. The maximum absolute atomic E-state index is 13.1. The molecule has 1 heterocycles. The first kappa shape index (κ1) is 20.5. The average molecular weight is 398 g/mol. The number of aryl methyl sites for hydroxylation is 2. The van der Waals surface area contributed by atoms with E-state index in [1.807, 2.05) is 26.0 Å². The minimum absolute atomic E-state index is 0.0489. The number of urea groups is 1. The number of rotatable bonds is 6. The third-order valence-electron chi connectivity index (χ3n) is 4.58. The second-order valence-electron chi connectivity index (χ2n) is 6.99. The molecule has 0 aliphatic carbocycles. The number of hydrogen-bond acceptors (Lipinski definition) is 5. The molecule has 3 N–H and O–H groups in total. The van der Waals surface area contributed by atoms with Crippen molar-refractivity contribution in [1.82, 2.24) is 15.5 Å². The van der Waals surface area contributed by atoms with Crippen LogP contribution in [0.5, 0.6) is 0 Å². The lowest BCUT2D eigenvalue weighted by molar-refractivity contribution is 0.0599. The molecule has 0 bridgehead atoms. The lowest BCUT2D eigenvalue weighted by Crippen LogP contribution is -2.40. The van der Waals surface area contributed by atoms with Crippen LogP contribution in [-0.2, 0) is 12.0 Å². The van der Waals surface area contributed by atoms with Crippen molar-refractivity contribution in [3.8, 4) is 11.5 Å². The molecule has 0 fully saturated rings. The molecule has 3 rings (SSSR count). The van der Waals surface area contributed by atoms with Crippen molar-refractivity contribution in [1.29, 1.82) is 0 Å². The van der Waals surface area contributed by atoms with Gasteiger partial charge in [0.25, 0.3) is 5.89 Å². The quantitative estimate of drug-likeness (QED) is 0.587. The number of nitrogens with one attached hydrogen (secondary N) is 2. The van der Waals surface area contributed by atoms with Gasteiger partial charge in [-0.2, -0.15) is 4.98 Å². The second-order valence-corrected chi connectivity index (χ2v) is 6.99. The molecule has 0 aliphatic heterocycles. The number of hydrogen-bond donors (Lipinski definition) is 3. The minimum atomic E-state index is -1.34. The van der Waals surface area contributed by atoms with Crippen molar-refractivity contribution in [2.45, 2.75) is 32.8 Å². The Hall–Kier alpha value is -3.26. The molecule has 0 radical (unpaired) electrons. The third-order valence-corrected chi connectivity index (χ3v) is 4.58. The predicted octanol–water partition coefficient (Wildman–Crippen LogP) is 3.78. The summed E-state index contributed by atoms with van der Waals surface area (Å²) in [4.78, 5) is 16.6. The van der Waals surface area contributed by atoms with Crippen molar-refractivity contribution in [2.75, 3.05) is 11.9 Å². The summed E-state index contributed by atoms with van der Waals surface area (Å²) in [6.07, 6.45) is 0.664. The summed E-state index contributed by atoms with van der Waals surface area (Å²) in [7, 11) is 0.